The fourth-order valence-electron chi connectivity index (χ4n) is 2.54. The van der Waals surface area contributed by atoms with E-state index >= 15 is 0 Å². The van der Waals surface area contributed by atoms with Crippen LogP contribution in [0.5, 0.6) is 11.5 Å². The van der Waals surface area contributed by atoms with E-state index in [0.717, 1.165) is 0 Å². The molecule has 1 unspecified atom stereocenters. The van der Waals surface area contributed by atoms with Crippen molar-refractivity contribution in [2.75, 3.05) is 7.11 Å². The Balaban J connectivity index is 1.96. The van der Waals surface area contributed by atoms with Gasteiger partial charge >= 0.3 is 0 Å². The van der Waals surface area contributed by atoms with E-state index in [2.05, 4.69) is 4.98 Å². The highest BCUT2D eigenvalue weighted by molar-refractivity contribution is 7.97. The largest absolute Gasteiger partial charge is 0.494 e. The molecule has 2 aromatic rings. The summed E-state index contributed by atoms with van der Waals surface area (Å²) in [6.45, 7) is 0. The number of hydrogen-bond acceptors (Lipinski definition) is 6. The standard InChI is InChI=1S/C16H17FN2O3S/c1-21-15-9-13-11(8-12(15)17)14(4-7-19-13)22-16(20)5-2-10(23-18)3-6-16/h2,4-5,7-10,20H,3,6,18H2,1H3/t10?,16-/m1/s1. The number of nitrogens with zero attached hydrogens (tertiary/aromatic N) is 1. The summed E-state index contributed by atoms with van der Waals surface area (Å²) in [5.74, 6) is -1.47. The second kappa shape index (κ2) is 6.35. The van der Waals surface area contributed by atoms with Crippen LogP contribution in [0.2, 0.25) is 0 Å². The summed E-state index contributed by atoms with van der Waals surface area (Å²) in [5.41, 5.74) is 0.527. The average molecular weight is 336 g/mol. The van der Waals surface area contributed by atoms with Gasteiger partial charge in [0.15, 0.2) is 11.6 Å². The van der Waals surface area contributed by atoms with Crippen LogP contribution in [0.25, 0.3) is 10.9 Å². The Kier molecular flexibility index (Phi) is 4.43. The number of pyridine rings is 1. The van der Waals surface area contributed by atoms with E-state index in [-0.39, 0.29) is 11.0 Å². The van der Waals surface area contributed by atoms with E-state index in [1.165, 1.54) is 31.2 Å². The van der Waals surface area contributed by atoms with Crippen LogP contribution in [-0.2, 0) is 0 Å². The lowest BCUT2D eigenvalue weighted by molar-refractivity contribution is -0.102. The molecule has 1 aliphatic rings. The molecule has 1 aromatic heterocycles. The highest BCUT2D eigenvalue weighted by Gasteiger charge is 2.31. The Hall–Kier alpha value is -1.83. The van der Waals surface area contributed by atoms with Gasteiger partial charge in [0.1, 0.15) is 5.75 Å². The first-order valence-corrected chi connectivity index (χ1v) is 8.07. The lowest BCUT2D eigenvalue weighted by Crippen LogP contribution is -2.37. The van der Waals surface area contributed by atoms with Gasteiger partial charge < -0.3 is 14.6 Å². The number of aliphatic hydroxyl groups is 1. The second-order valence-electron chi connectivity index (χ2n) is 5.33. The maximum atomic E-state index is 14.0. The number of rotatable bonds is 4. The second-order valence-corrected chi connectivity index (χ2v) is 6.21. The van der Waals surface area contributed by atoms with Gasteiger partial charge in [-0.1, -0.05) is 18.0 Å². The van der Waals surface area contributed by atoms with Crippen molar-refractivity contribution in [3.63, 3.8) is 0 Å². The first-order valence-electron chi connectivity index (χ1n) is 7.13. The minimum Gasteiger partial charge on any atom is -0.494 e. The number of methoxy groups -OCH3 is 1. The van der Waals surface area contributed by atoms with Crippen molar-refractivity contribution in [3.05, 3.63) is 42.4 Å². The third kappa shape index (κ3) is 3.26. The van der Waals surface area contributed by atoms with Crippen LogP contribution in [0.3, 0.4) is 0 Å². The van der Waals surface area contributed by atoms with Crippen LogP contribution < -0.4 is 14.6 Å². The van der Waals surface area contributed by atoms with Gasteiger partial charge in [0.25, 0.3) is 0 Å². The quantitative estimate of drug-likeness (QED) is 0.508. The smallest absolute Gasteiger partial charge is 0.228 e. The molecule has 5 nitrogen and oxygen atoms in total. The number of halogens is 1. The number of nitrogens with two attached hydrogens (primary N) is 1. The lowest BCUT2D eigenvalue weighted by Gasteiger charge is -2.31. The summed E-state index contributed by atoms with van der Waals surface area (Å²) in [5, 5.41) is 16.8. The monoisotopic (exact) mass is 336 g/mol. The van der Waals surface area contributed by atoms with Crippen molar-refractivity contribution in [2.45, 2.75) is 23.9 Å². The van der Waals surface area contributed by atoms with Crippen LogP contribution in [0.1, 0.15) is 12.8 Å². The summed E-state index contributed by atoms with van der Waals surface area (Å²) >= 11 is 1.23. The molecule has 23 heavy (non-hydrogen) atoms. The number of ether oxygens (including phenoxy) is 2. The zero-order valence-electron chi connectivity index (χ0n) is 12.5. The molecule has 7 heteroatoms. The SMILES string of the molecule is COc1cc2nccc(O[C@]3(O)C=CC(SN)CC3)c2cc1F. The van der Waals surface area contributed by atoms with Crippen molar-refractivity contribution < 1.29 is 19.0 Å². The highest BCUT2D eigenvalue weighted by Crippen LogP contribution is 2.34. The predicted molar refractivity (Wildman–Crippen MR) is 87.8 cm³/mol. The lowest BCUT2D eigenvalue weighted by atomic mass is 10.0. The average Bonchev–Trinajstić information content (AvgIpc) is 2.55. The van der Waals surface area contributed by atoms with Crippen molar-refractivity contribution in [1.29, 1.82) is 0 Å². The summed E-state index contributed by atoms with van der Waals surface area (Å²) in [6, 6.07) is 4.40. The van der Waals surface area contributed by atoms with Gasteiger partial charge in [-0.2, -0.15) is 0 Å². The fraction of sp³-hybridized carbons (Fsp3) is 0.312. The summed E-state index contributed by atoms with van der Waals surface area (Å²) in [4.78, 5) is 4.19. The fourth-order valence-corrected chi connectivity index (χ4v) is 2.97. The number of hydrogen-bond donors (Lipinski definition) is 2. The first kappa shape index (κ1) is 16.0. The van der Waals surface area contributed by atoms with Crippen molar-refractivity contribution >= 4 is 22.9 Å². The van der Waals surface area contributed by atoms with Crippen LogP contribution in [0, 0.1) is 5.82 Å². The number of aromatic nitrogens is 1. The minimum absolute atomic E-state index is 0.112. The first-order chi connectivity index (χ1) is 11.0. The van der Waals surface area contributed by atoms with Gasteiger partial charge in [-0.05, 0) is 24.6 Å². The molecule has 0 radical (unpaired) electrons. The van der Waals surface area contributed by atoms with Crippen LogP contribution >= 0.6 is 11.9 Å². The third-order valence-corrected chi connectivity index (χ3v) is 4.54. The van der Waals surface area contributed by atoms with Crippen molar-refractivity contribution in [3.8, 4) is 11.5 Å². The van der Waals surface area contributed by atoms with Crippen LogP contribution in [0.15, 0.2) is 36.5 Å². The Morgan fingerprint density at radius 1 is 1.43 bits per heavy atom. The Labute approximate surface area is 137 Å². The molecule has 1 aliphatic carbocycles. The number of benzene rings is 1. The molecule has 122 valence electrons. The molecule has 0 saturated heterocycles. The maximum Gasteiger partial charge on any atom is 0.228 e. The molecule has 3 N–H and O–H groups in total. The van der Waals surface area contributed by atoms with E-state index in [4.69, 9.17) is 14.6 Å². The molecule has 2 atom stereocenters. The van der Waals surface area contributed by atoms with Gasteiger partial charge in [0.2, 0.25) is 5.79 Å². The third-order valence-electron chi connectivity index (χ3n) is 3.79. The molecule has 3 rings (SSSR count). The van der Waals surface area contributed by atoms with Crippen LogP contribution in [-0.4, -0.2) is 28.2 Å². The van der Waals surface area contributed by atoms with Crippen molar-refractivity contribution in [1.82, 2.24) is 4.98 Å². The highest BCUT2D eigenvalue weighted by atomic mass is 32.2. The molecule has 0 aliphatic heterocycles. The van der Waals surface area contributed by atoms with E-state index in [1.54, 1.807) is 18.3 Å². The molecule has 0 saturated carbocycles. The molecule has 1 heterocycles. The van der Waals surface area contributed by atoms with Gasteiger partial charge in [0, 0.05) is 29.3 Å². The molecule has 0 fully saturated rings. The molecule has 0 spiro atoms. The van der Waals surface area contributed by atoms with E-state index in [9.17, 15) is 9.50 Å². The zero-order chi connectivity index (χ0) is 16.4. The van der Waals surface area contributed by atoms with Crippen molar-refractivity contribution in [2.24, 2.45) is 5.14 Å². The minimum atomic E-state index is -1.43. The summed E-state index contributed by atoms with van der Waals surface area (Å²) in [6.07, 6.45) is 6.05. The molecular formula is C16H17FN2O3S. The maximum absolute atomic E-state index is 14.0. The van der Waals surface area contributed by atoms with E-state index < -0.39 is 11.6 Å². The van der Waals surface area contributed by atoms with Gasteiger partial charge in [-0.15, -0.1) is 0 Å². The number of fused-ring (bicyclic) bond motifs is 1. The Morgan fingerprint density at radius 3 is 2.91 bits per heavy atom. The van der Waals surface area contributed by atoms with Gasteiger partial charge in [-0.3, -0.25) is 10.1 Å². The summed E-state index contributed by atoms with van der Waals surface area (Å²) < 4.78 is 24.7. The Bertz CT molecular complexity index is 755. The molecule has 0 amide bonds. The zero-order valence-corrected chi connectivity index (χ0v) is 13.3. The van der Waals surface area contributed by atoms with E-state index in [1.807, 2.05) is 6.08 Å². The van der Waals surface area contributed by atoms with E-state index in [0.29, 0.717) is 29.5 Å². The molecule has 0 bridgehead atoms. The normalized spacial score (nSPS) is 23.9. The molecule has 1 aromatic carbocycles. The van der Waals surface area contributed by atoms with Crippen LogP contribution in [0.4, 0.5) is 4.39 Å². The molecular weight excluding hydrogens is 319 g/mol. The van der Waals surface area contributed by atoms with Gasteiger partial charge in [0.05, 0.1) is 12.6 Å². The van der Waals surface area contributed by atoms with Gasteiger partial charge in [-0.25, -0.2) is 4.39 Å². The topological polar surface area (TPSA) is 77.6 Å². The predicted octanol–water partition coefficient (Wildman–Crippen LogP) is 2.78. The summed E-state index contributed by atoms with van der Waals surface area (Å²) in [7, 11) is 1.39. The Morgan fingerprint density at radius 2 is 2.26 bits per heavy atom.